The van der Waals surface area contributed by atoms with Crippen LogP contribution in [0.25, 0.3) is 0 Å². The van der Waals surface area contributed by atoms with Crippen LogP contribution in [0, 0.1) is 0 Å². The number of urea groups is 1. The summed E-state index contributed by atoms with van der Waals surface area (Å²) in [5.41, 5.74) is 1.60. The summed E-state index contributed by atoms with van der Waals surface area (Å²) in [4.78, 5) is 30.0. The zero-order chi connectivity index (χ0) is 18.4. The lowest BCUT2D eigenvalue weighted by Gasteiger charge is -2.32. The summed E-state index contributed by atoms with van der Waals surface area (Å²) in [6.45, 7) is 4.43. The van der Waals surface area contributed by atoms with Gasteiger partial charge in [-0.1, -0.05) is 12.1 Å². The zero-order valence-corrected chi connectivity index (χ0v) is 15.0. The third-order valence-electron chi connectivity index (χ3n) is 4.70. The van der Waals surface area contributed by atoms with Crippen LogP contribution in [-0.2, 0) is 6.54 Å². The first kappa shape index (κ1) is 18.0. The van der Waals surface area contributed by atoms with Crippen LogP contribution in [0.15, 0.2) is 43.0 Å². The minimum Gasteiger partial charge on any atom is -0.352 e. The molecular weight excluding hydrogens is 330 g/mol. The van der Waals surface area contributed by atoms with Crippen LogP contribution in [0.4, 0.5) is 4.79 Å². The molecule has 7 nitrogen and oxygen atoms in total. The molecule has 3 rings (SSSR count). The third-order valence-corrected chi connectivity index (χ3v) is 4.70. The lowest BCUT2D eigenvalue weighted by atomic mass is 10.1. The lowest BCUT2D eigenvalue weighted by Crippen LogP contribution is -2.44. The van der Waals surface area contributed by atoms with E-state index in [0.29, 0.717) is 24.7 Å². The summed E-state index contributed by atoms with van der Waals surface area (Å²) in [6.07, 6.45) is 7.47. The van der Waals surface area contributed by atoms with Crippen LogP contribution in [0.3, 0.4) is 0 Å². The highest BCUT2D eigenvalue weighted by molar-refractivity contribution is 5.94. The number of nitrogens with zero attached hydrogens (tertiary/aromatic N) is 3. The normalized spacial score (nSPS) is 14.9. The molecule has 1 aliphatic rings. The van der Waals surface area contributed by atoms with Gasteiger partial charge in [-0.3, -0.25) is 4.79 Å². The summed E-state index contributed by atoms with van der Waals surface area (Å²) in [7, 11) is 0. The highest BCUT2D eigenvalue weighted by Gasteiger charge is 2.23. The van der Waals surface area contributed by atoms with Gasteiger partial charge in [0, 0.05) is 50.2 Å². The Balaban J connectivity index is 1.45. The second kappa shape index (κ2) is 8.51. The number of aromatic nitrogens is 2. The highest BCUT2D eigenvalue weighted by Crippen LogP contribution is 2.21. The minimum atomic E-state index is -0.0798. The van der Waals surface area contributed by atoms with Crippen molar-refractivity contribution in [3.8, 4) is 0 Å². The van der Waals surface area contributed by atoms with E-state index in [-0.39, 0.29) is 11.9 Å². The van der Waals surface area contributed by atoms with Crippen LogP contribution < -0.4 is 10.6 Å². The Bertz CT molecular complexity index is 719. The second-order valence-electron chi connectivity index (χ2n) is 6.44. The van der Waals surface area contributed by atoms with Gasteiger partial charge in [-0.2, -0.15) is 0 Å². The molecule has 0 radical (unpaired) electrons. The average Bonchev–Trinajstić information content (AvgIpc) is 3.21. The molecule has 2 heterocycles. The van der Waals surface area contributed by atoms with E-state index in [9.17, 15) is 9.59 Å². The number of carbonyl (C=O) groups excluding carboxylic acids is 2. The summed E-state index contributed by atoms with van der Waals surface area (Å²) >= 11 is 0. The Kier molecular flexibility index (Phi) is 5.88. The van der Waals surface area contributed by atoms with Gasteiger partial charge >= 0.3 is 6.03 Å². The van der Waals surface area contributed by atoms with E-state index in [0.717, 1.165) is 31.5 Å². The molecule has 26 heavy (non-hydrogen) atoms. The Labute approximate surface area is 153 Å². The summed E-state index contributed by atoms with van der Waals surface area (Å²) in [5.74, 6) is -0.0798. The topological polar surface area (TPSA) is 79.3 Å². The predicted octanol–water partition coefficient (Wildman–Crippen LogP) is 2.18. The van der Waals surface area contributed by atoms with Crippen LogP contribution in [0.1, 0.15) is 41.7 Å². The number of carbonyl (C=O) groups is 2. The van der Waals surface area contributed by atoms with Gasteiger partial charge < -0.3 is 20.1 Å². The van der Waals surface area contributed by atoms with Crippen LogP contribution in [0.5, 0.6) is 0 Å². The van der Waals surface area contributed by atoms with Gasteiger partial charge in [0.1, 0.15) is 0 Å². The fraction of sp³-hybridized carbons (Fsp3) is 0.421. The van der Waals surface area contributed by atoms with E-state index in [2.05, 4.69) is 20.2 Å². The number of hydrogen-bond donors (Lipinski definition) is 2. The van der Waals surface area contributed by atoms with E-state index in [1.54, 1.807) is 18.3 Å². The molecule has 2 N–H and O–H groups in total. The fourth-order valence-electron chi connectivity index (χ4n) is 3.18. The molecule has 0 spiro atoms. The maximum Gasteiger partial charge on any atom is 0.317 e. The van der Waals surface area contributed by atoms with E-state index in [1.165, 1.54) is 0 Å². The number of amides is 3. The average molecular weight is 355 g/mol. The van der Waals surface area contributed by atoms with Crippen LogP contribution >= 0.6 is 0 Å². The van der Waals surface area contributed by atoms with Gasteiger partial charge in [0.25, 0.3) is 5.91 Å². The van der Waals surface area contributed by atoms with Gasteiger partial charge in [0.15, 0.2) is 0 Å². The Hall–Kier alpha value is -2.83. The fourth-order valence-corrected chi connectivity index (χ4v) is 3.18. The molecule has 1 aliphatic heterocycles. The van der Waals surface area contributed by atoms with Crippen molar-refractivity contribution in [1.82, 2.24) is 25.1 Å². The molecule has 1 saturated heterocycles. The Morgan fingerprint density at radius 1 is 1.15 bits per heavy atom. The maximum absolute atomic E-state index is 12.4. The van der Waals surface area contributed by atoms with Crippen LogP contribution in [-0.4, -0.2) is 46.0 Å². The summed E-state index contributed by atoms with van der Waals surface area (Å²) in [6, 6.07) is 7.68. The summed E-state index contributed by atoms with van der Waals surface area (Å²) < 4.78 is 2.12. The quantitative estimate of drug-likeness (QED) is 0.863. The molecule has 1 aromatic carbocycles. The molecule has 7 heteroatoms. The van der Waals surface area contributed by atoms with Gasteiger partial charge in [-0.25, -0.2) is 9.78 Å². The van der Waals surface area contributed by atoms with Crippen molar-refractivity contribution in [3.63, 3.8) is 0 Å². The molecule has 0 unspecified atom stereocenters. The number of hydrogen-bond acceptors (Lipinski definition) is 3. The van der Waals surface area contributed by atoms with Crippen molar-refractivity contribution in [2.45, 2.75) is 32.4 Å². The van der Waals surface area contributed by atoms with Gasteiger partial charge in [0.05, 0.1) is 6.33 Å². The number of likely N-dealkylation sites (tertiary alicyclic amines) is 1. The molecule has 0 bridgehead atoms. The smallest absolute Gasteiger partial charge is 0.317 e. The van der Waals surface area contributed by atoms with Crippen molar-refractivity contribution in [2.24, 2.45) is 0 Å². The van der Waals surface area contributed by atoms with E-state index in [1.807, 2.05) is 36.5 Å². The number of benzene rings is 1. The van der Waals surface area contributed by atoms with Gasteiger partial charge in [-0.15, -0.1) is 0 Å². The first-order valence-electron chi connectivity index (χ1n) is 9.04. The van der Waals surface area contributed by atoms with Crippen molar-refractivity contribution >= 4 is 11.9 Å². The van der Waals surface area contributed by atoms with Crippen molar-refractivity contribution in [3.05, 3.63) is 54.1 Å². The zero-order valence-electron chi connectivity index (χ0n) is 15.0. The van der Waals surface area contributed by atoms with E-state index >= 15 is 0 Å². The molecule has 1 aromatic heterocycles. The van der Waals surface area contributed by atoms with Crippen molar-refractivity contribution in [2.75, 3.05) is 19.6 Å². The van der Waals surface area contributed by atoms with E-state index in [4.69, 9.17) is 0 Å². The molecule has 138 valence electrons. The molecule has 1 fully saturated rings. The number of imidazole rings is 1. The summed E-state index contributed by atoms with van der Waals surface area (Å²) in [5, 5.41) is 5.73. The number of piperidine rings is 1. The van der Waals surface area contributed by atoms with Gasteiger partial charge in [0.2, 0.25) is 0 Å². The minimum absolute atomic E-state index is 0.0399. The Morgan fingerprint density at radius 3 is 2.50 bits per heavy atom. The monoisotopic (exact) mass is 355 g/mol. The van der Waals surface area contributed by atoms with Crippen molar-refractivity contribution in [1.29, 1.82) is 0 Å². The molecule has 0 atom stereocenters. The molecule has 0 aliphatic carbocycles. The lowest BCUT2D eigenvalue weighted by molar-refractivity contribution is 0.0955. The largest absolute Gasteiger partial charge is 0.352 e. The Morgan fingerprint density at radius 2 is 1.88 bits per heavy atom. The standard InChI is InChI=1S/C19H25N5O2/c1-2-21-18(25)16-5-3-15(4-6-16)13-22-19(26)23-10-7-17(8-11-23)24-12-9-20-14-24/h3-6,9,12,14,17H,2,7-8,10-11,13H2,1H3,(H,21,25)(H,22,26). The highest BCUT2D eigenvalue weighted by atomic mass is 16.2. The first-order chi connectivity index (χ1) is 12.7. The number of nitrogens with one attached hydrogen (secondary N) is 2. The van der Waals surface area contributed by atoms with Crippen LogP contribution in [0.2, 0.25) is 0 Å². The molecule has 0 saturated carbocycles. The first-order valence-corrected chi connectivity index (χ1v) is 9.04. The van der Waals surface area contributed by atoms with Crippen molar-refractivity contribution < 1.29 is 9.59 Å². The third kappa shape index (κ3) is 4.41. The maximum atomic E-state index is 12.4. The molecule has 2 aromatic rings. The van der Waals surface area contributed by atoms with Gasteiger partial charge in [-0.05, 0) is 37.5 Å². The predicted molar refractivity (Wildman–Crippen MR) is 98.8 cm³/mol. The molecule has 3 amide bonds. The van der Waals surface area contributed by atoms with E-state index < -0.39 is 0 Å². The molecular formula is C19H25N5O2. The SMILES string of the molecule is CCNC(=O)c1ccc(CNC(=O)N2CCC(n3ccnc3)CC2)cc1. The second-order valence-corrected chi connectivity index (χ2v) is 6.44. The number of rotatable bonds is 5.